The molecule has 0 fully saturated rings. The number of aromatic nitrogens is 2. The van der Waals surface area contributed by atoms with Crippen LogP contribution < -0.4 is 5.56 Å². The highest BCUT2D eigenvalue weighted by molar-refractivity contribution is 6.30. The molecule has 1 aromatic heterocycles. The van der Waals surface area contributed by atoms with Crippen molar-refractivity contribution in [2.45, 2.75) is 5.60 Å². The number of nitrogens with zero attached hydrogens (tertiary/aromatic N) is 2. The first-order valence-corrected chi connectivity index (χ1v) is 9.09. The van der Waals surface area contributed by atoms with Crippen molar-refractivity contribution >= 4 is 22.5 Å². The summed E-state index contributed by atoms with van der Waals surface area (Å²) in [5.74, 6) is 6.12. The van der Waals surface area contributed by atoms with Gasteiger partial charge in [-0.2, -0.15) is 0 Å². The van der Waals surface area contributed by atoms with E-state index in [0.717, 1.165) is 5.56 Å². The summed E-state index contributed by atoms with van der Waals surface area (Å²) in [6.07, 6.45) is 0. The van der Waals surface area contributed by atoms with E-state index in [1.54, 1.807) is 42.5 Å². The molecular weight excluding hydrogens is 372 g/mol. The number of aliphatic hydroxyl groups is 1. The number of benzene rings is 3. The third kappa shape index (κ3) is 2.38. The molecule has 0 amide bonds. The van der Waals surface area contributed by atoms with Crippen LogP contribution in [0.5, 0.6) is 0 Å². The number of para-hydroxylation sites is 1. The van der Waals surface area contributed by atoms with Gasteiger partial charge in [-0.1, -0.05) is 53.9 Å². The van der Waals surface area contributed by atoms with Crippen LogP contribution in [0.15, 0.2) is 77.6 Å². The molecule has 134 valence electrons. The summed E-state index contributed by atoms with van der Waals surface area (Å²) in [7, 11) is 0. The van der Waals surface area contributed by atoms with Crippen LogP contribution in [-0.4, -0.2) is 14.7 Å². The van der Waals surface area contributed by atoms with Crippen molar-refractivity contribution in [1.29, 1.82) is 0 Å². The zero-order valence-electron chi connectivity index (χ0n) is 14.6. The molecule has 5 rings (SSSR count). The fraction of sp³-hybridized carbons (Fsp3) is 0.0435. The van der Waals surface area contributed by atoms with Gasteiger partial charge in [0.15, 0.2) is 5.82 Å². The van der Waals surface area contributed by atoms with Gasteiger partial charge < -0.3 is 5.11 Å². The van der Waals surface area contributed by atoms with Gasteiger partial charge in [0, 0.05) is 16.1 Å². The molecule has 28 heavy (non-hydrogen) atoms. The Labute approximate surface area is 165 Å². The largest absolute Gasteiger partial charge is 0.367 e. The van der Waals surface area contributed by atoms with Crippen LogP contribution >= 0.6 is 11.6 Å². The second-order valence-electron chi connectivity index (χ2n) is 6.58. The second-order valence-corrected chi connectivity index (χ2v) is 7.02. The van der Waals surface area contributed by atoms with Crippen LogP contribution in [0.4, 0.5) is 0 Å². The van der Waals surface area contributed by atoms with Gasteiger partial charge in [-0.15, -0.1) is 0 Å². The average Bonchev–Trinajstić information content (AvgIpc) is 2.96. The Bertz CT molecular complexity index is 1370. The molecule has 1 aliphatic heterocycles. The predicted octanol–water partition coefficient (Wildman–Crippen LogP) is 3.64. The maximum absolute atomic E-state index is 13.2. The molecule has 2 heterocycles. The van der Waals surface area contributed by atoms with Crippen molar-refractivity contribution in [3.8, 4) is 17.5 Å². The molecular formula is C23H13ClN2O2. The molecule has 0 saturated carbocycles. The topological polar surface area (TPSA) is 55.1 Å². The van der Waals surface area contributed by atoms with Gasteiger partial charge in [0.05, 0.1) is 16.6 Å². The third-order valence-corrected chi connectivity index (χ3v) is 5.09. The third-order valence-electron chi connectivity index (χ3n) is 4.85. The van der Waals surface area contributed by atoms with Crippen LogP contribution in [0.1, 0.15) is 17.0 Å². The Balaban J connectivity index is 1.86. The minimum absolute atomic E-state index is 0.178. The molecule has 0 aliphatic carbocycles. The quantitative estimate of drug-likeness (QED) is 0.471. The van der Waals surface area contributed by atoms with E-state index >= 15 is 0 Å². The molecule has 1 aliphatic rings. The summed E-state index contributed by atoms with van der Waals surface area (Å²) in [5, 5.41) is 12.5. The van der Waals surface area contributed by atoms with Gasteiger partial charge in [-0.05, 0) is 42.3 Å². The first-order valence-electron chi connectivity index (χ1n) is 8.71. The highest BCUT2D eigenvalue weighted by atomic mass is 35.5. The van der Waals surface area contributed by atoms with Gasteiger partial charge in [0.1, 0.15) is 0 Å². The number of fused-ring (bicyclic) bond motifs is 4. The fourth-order valence-electron chi connectivity index (χ4n) is 3.52. The van der Waals surface area contributed by atoms with Crippen molar-refractivity contribution in [3.63, 3.8) is 0 Å². The number of hydrogen-bond donors (Lipinski definition) is 1. The lowest BCUT2D eigenvalue weighted by molar-refractivity contribution is 0.141. The molecule has 0 saturated heterocycles. The zero-order valence-corrected chi connectivity index (χ0v) is 15.3. The number of hydrogen-bond acceptors (Lipinski definition) is 3. The molecule has 4 aromatic rings. The van der Waals surface area contributed by atoms with E-state index in [-0.39, 0.29) is 11.4 Å². The Morgan fingerprint density at radius 2 is 1.75 bits per heavy atom. The van der Waals surface area contributed by atoms with E-state index in [4.69, 9.17) is 11.6 Å². The Morgan fingerprint density at radius 1 is 1.00 bits per heavy atom. The van der Waals surface area contributed by atoms with Crippen LogP contribution in [0.3, 0.4) is 0 Å². The van der Waals surface area contributed by atoms with Gasteiger partial charge >= 0.3 is 0 Å². The second kappa shape index (κ2) is 6.07. The number of rotatable bonds is 0. The highest BCUT2D eigenvalue weighted by Gasteiger charge is 2.44. The summed E-state index contributed by atoms with van der Waals surface area (Å²) in [6.45, 7) is 0. The van der Waals surface area contributed by atoms with Gasteiger partial charge in [0.2, 0.25) is 5.60 Å². The van der Waals surface area contributed by atoms with E-state index in [2.05, 4.69) is 16.8 Å². The normalized spacial score (nSPS) is 16.9. The zero-order chi connectivity index (χ0) is 19.3. The van der Waals surface area contributed by atoms with Gasteiger partial charge in [-0.3, -0.25) is 9.36 Å². The maximum Gasteiger partial charge on any atom is 0.266 e. The van der Waals surface area contributed by atoms with Gasteiger partial charge in [-0.25, -0.2) is 4.98 Å². The number of halogens is 1. The van der Waals surface area contributed by atoms with E-state index in [1.807, 2.05) is 30.3 Å². The Morgan fingerprint density at radius 3 is 2.57 bits per heavy atom. The minimum atomic E-state index is -1.72. The molecule has 0 bridgehead atoms. The molecule has 1 atom stereocenters. The highest BCUT2D eigenvalue weighted by Crippen LogP contribution is 2.40. The Kier molecular flexibility index (Phi) is 3.63. The van der Waals surface area contributed by atoms with Crippen LogP contribution in [0.25, 0.3) is 16.6 Å². The smallest absolute Gasteiger partial charge is 0.266 e. The molecule has 1 unspecified atom stereocenters. The van der Waals surface area contributed by atoms with Crippen LogP contribution in [-0.2, 0) is 5.60 Å². The summed E-state index contributed by atoms with van der Waals surface area (Å²) >= 11 is 6.17. The molecule has 1 N–H and O–H groups in total. The molecule has 3 aromatic carbocycles. The first kappa shape index (κ1) is 16.8. The van der Waals surface area contributed by atoms with Crippen molar-refractivity contribution in [2.75, 3.05) is 0 Å². The minimum Gasteiger partial charge on any atom is -0.367 e. The van der Waals surface area contributed by atoms with Crippen molar-refractivity contribution in [2.24, 2.45) is 0 Å². The summed E-state index contributed by atoms with van der Waals surface area (Å²) in [5.41, 5.74) is 0.266. The molecule has 4 nitrogen and oxygen atoms in total. The van der Waals surface area contributed by atoms with Crippen molar-refractivity contribution in [1.82, 2.24) is 9.55 Å². The lowest BCUT2D eigenvalue weighted by Gasteiger charge is -2.16. The molecule has 0 radical (unpaired) electrons. The standard InChI is InChI=1S/C23H13ClN2O2/c24-16-10-11-18-20(14-16)26-21(27)17-8-4-5-9-19(17)25-22(26)23(18,28)13-12-15-6-2-1-3-7-15/h1-11,14,28H. The van der Waals surface area contributed by atoms with Crippen molar-refractivity contribution in [3.05, 3.63) is 105 Å². The molecule has 5 heteroatoms. The SMILES string of the molecule is O=c1c2ccccc2nc2n1-c1cc(Cl)ccc1C2(O)C#Cc1ccccc1. The summed E-state index contributed by atoms with van der Waals surface area (Å²) in [6, 6.07) is 21.4. The lowest BCUT2D eigenvalue weighted by atomic mass is 9.95. The molecule has 0 spiro atoms. The average molecular weight is 385 g/mol. The summed E-state index contributed by atoms with van der Waals surface area (Å²) in [4.78, 5) is 17.8. The van der Waals surface area contributed by atoms with E-state index in [1.165, 1.54) is 4.57 Å². The fourth-order valence-corrected chi connectivity index (χ4v) is 3.69. The Hall–Kier alpha value is -3.39. The predicted molar refractivity (Wildman–Crippen MR) is 109 cm³/mol. The van der Waals surface area contributed by atoms with Crippen LogP contribution in [0.2, 0.25) is 5.02 Å². The summed E-state index contributed by atoms with van der Waals surface area (Å²) < 4.78 is 1.41. The van der Waals surface area contributed by atoms with E-state index < -0.39 is 5.60 Å². The lowest BCUT2D eigenvalue weighted by Crippen LogP contribution is -2.28. The van der Waals surface area contributed by atoms with Crippen molar-refractivity contribution < 1.29 is 5.11 Å². The monoisotopic (exact) mass is 384 g/mol. The van der Waals surface area contributed by atoms with E-state index in [0.29, 0.717) is 27.2 Å². The van der Waals surface area contributed by atoms with Crippen LogP contribution in [0, 0.1) is 11.8 Å². The first-order chi connectivity index (χ1) is 13.6. The maximum atomic E-state index is 13.2. The van der Waals surface area contributed by atoms with E-state index in [9.17, 15) is 9.90 Å². The van der Waals surface area contributed by atoms with Gasteiger partial charge in [0.25, 0.3) is 5.56 Å².